The zero-order valence-electron chi connectivity index (χ0n) is 16.8. The van der Waals surface area contributed by atoms with Crippen molar-refractivity contribution in [2.24, 2.45) is 11.8 Å². The summed E-state index contributed by atoms with van der Waals surface area (Å²) >= 11 is 0. The molecular formula is C21H34N4O. The van der Waals surface area contributed by atoms with Gasteiger partial charge >= 0.3 is 0 Å². The minimum Gasteiger partial charge on any atom is -0.354 e. The first-order valence-corrected chi connectivity index (χ1v) is 10.2. The third kappa shape index (κ3) is 4.37. The molecule has 2 unspecified atom stereocenters. The van der Waals surface area contributed by atoms with E-state index in [1.807, 2.05) is 24.2 Å². The largest absolute Gasteiger partial charge is 0.354 e. The van der Waals surface area contributed by atoms with Crippen LogP contribution >= 0.6 is 0 Å². The molecule has 0 bridgehead atoms. The molecule has 0 spiro atoms. The summed E-state index contributed by atoms with van der Waals surface area (Å²) in [6.45, 7) is 10.9. The van der Waals surface area contributed by atoms with Crippen LogP contribution in [-0.2, 0) is 4.79 Å². The van der Waals surface area contributed by atoms with Gasteiger partial charge in [-0.2, -0.15) is 0 Å². The van der Waals surface area contributed by atoms with Crippen molar-refractivity contribution in [3.8, 4) is 0 Å². The van der Waals surface area contributed by atoms with Gasteiger partial charge in [-0.05, 0) is 38.7 Å². The number of rotatable bonds is 4. The van der Waals surface area contributed by atoms with E-state index in [1.165, 1.54) is 12.8 Å². The van der Waals surface area contributed by atoms with Crippen LogP contribution in [0, 0.1) is 11.8 Å². The molecule has 2 atom stereocenters. The maximum atomic E-state index is 12.9. The van der Waals surface area contributed by atoms with Gasteiger partial charge in [-0.1, -0.05) is 19.8 Å². The summed E-state index contributed by atoms with van der Waals surface area (Å²) in [5.41, 5.74) is 0.963. The van der Waals surface area contributed by atoms with Gasteiger partial charge in [-0.25, -0.2) is 4.98 Å². The van der Waals surface area contributed by atoms with Crippen LogP contribution in [0.4, 0.5) is 11.5 Å². The van der Waals surface area contributed by atoms with Gasteiger partial charge in [0.15, 0.2) is 0 Å². The first kappa shape index (κ1) is 19.2. The molecule has 2 fully saturated rings. The molecule has 1 aliphatic carbocycles. The molecule has 0 N–H and O–H groups in total. The predicted octanol–water partition coefficient (Wildman–Crippen LogP) is 3.40. The second kappa shape index (κ2) is 8.38. The second-order valence-electron chi connectivity index (χ2n) is 8.35. The number of hydrogen-bond donors (Lipinski definition) is 0. The van der Waals surface area contributed by atoms with Crippen LogP contribution in [0.3, 0.4) is 0 Å². The quantitative estimate of drug-likeness (QED) is 0.827. The highest BCUT2D eigenvalue weighted by atomic mass is 16.2. The van der Waals surface area contributed by atoms with Gasteiger partial charge in [0.05, 0.1) is 0 Å². The fourth-order valence-electron chi connectivity index (χ4n) is 4.32. The Labute approximate surface area is 158 Å². The Morgan fingerprint density at radius 2 is 1.96 bits per heavy atom. The molecule has 1 aliphatic heterocycles. The predicted molar refractivity (Wildman–Crippen MR) is 108 cm³/mol. The summed E-state index contributed by atoms with van der Waals surface area (Å²) in [5.74, 6) is 2.09. The van der Waals surface area contributed by atoms with Crippen LogP contribution in [-0.4, -0.2) is 55.1 Å². The minimum absolute atomic E-state index is 0.176. The monoisotopic (exact) mass is 358 g/mol. The summed E-state index contributed by atoms with van der Waals surface area (Å²) in [6.07, 6.45) is 6.33. The Balaban J connectivity index is 1.66. The van der Waals surface area contributed by atoms with Crippen LogP contribution in [0.25, 0.3) is 0 Å². The van der Waals surface area contributed by atoms with Crippen LogP contribution in [0.2, 0.25) is 0 Å². The topological polar surface area (TPSA) is 39.7 Å². The third-order valence-corrected chi connectivity index (χ3v) is 6.10. The lowest BCUT2D eigenvalue weighted by Crippen LogP contribution is -2.49. The zero-order valence-corrected chi connectivity index (χ0v) is 16.8. The molecule has 26 heavy (non-hydrogen) atoms. The number of anilines is 2. The first-order chi connectivity index (χ1) is 12.5. The molecule has 1 aromatic rings. The van der Waals surface area contributed by atoms with E-state index in [4.69, 9.17) is 0 Å². The van der Waals surface area contributed by atoms with E-state index >= 15 is 0 Å². The van der Waals surface area contributed by atoms with Gasteiger partial charge in [0.1, 0.15) is 5.82 Å². The van der Waals surface area contributed by atoms with Gasteiger partial charge in [-0.15, -0.1) is 0 Å². The Bertz CT molecular complexity index is 610. The Kier molecular flexibility index (Phi) is 6.17. The summed E-state index contributed by atoms with van der Waals surface area (Å²) < 4.78 is 0. The zero-order chi connectivity index (χ0) is 18.7. The Morgan fingerprint density at radius 1 is 1.23 bits per heavy atom. The number of nitrogens with zero attached hydrogens (tertiary/aromatic N) is 4. The van der Waals surface area contributed by atoms with Gasteiger partial charge in [0, 0.05) is 63.1 Å². The molecule has 144 valence electrons. The molecule has 0 radical (unpaired) electrons. The van der Waals surface area contributed by atoms with Crippen LogP contribution in [0.1, 0.15) is 46.5 Å². The lowest BCUT2D eigenvalue weighted by molar-refractivity contribution is -0.123. The number of carbonyl (C=O) groups is 1. The molecule has 5 heteroatoms. The van der Waals surface area contributed by atoms with Crippen molar-refractivity contribution in [1.82, 2.24) is 9.88 Å². The highest BCUT2D eigenvalue weighted by molar-refractivity contribution is 5.94. The number of aromatic nitrogens is 1. The Hall–Kier alpha value is -1.62. The van der Waals surface area contributed by atoms with Crippen molar-refractivity contribution in [1.29, 1.82) is 0 Å². The average Bonchev–Trinajstić information content (AvgIpc) is 2.67. The lowest BCUT2D eigenvalue weighted by Gasteiger charge is -2.37. The summed E-state index contributed by atoms with van der Waals surface area (Å²) in [4.78, 5) is 24.2. The molecule has 2 aliphatic rings. The standard InChI is InChI=1S/C21H34N4O/c1-16(2)24-10-12-25(13-11-24)20-15-19(8-9-22-20)23(4)21(26)18-7-5-6-17(3)14-18/h8-9,15-18H,5-7,10-14H2,1-4H3. The van der Waals surface area contributed by atoms with Gasteiger partial charge < -0.3 is 9.80 Å². The lowest BCUT2D eigenvalue weighted by atomic mass is 9.82. The number of pyridine rings is 1. The van der Waals surface area contributed by atoms with Crippen molar-refractivity contribution < 1.29 is 4.79 Å². The molecule has 0 aromatic carbocycles. The van der Waals surface area contributed by atoms with E-state index in [0.717, 1.165) is 50.5 Å². The minimum atomic E-state index is 0.176. The second-order valence-corrected chi connectivity index (χ2v) is 8.35. The van der Waals surface area contributed by atoms with Crippen molar-refractivity contribution in [3.05, 3.63) is 18.3 Å². The number of piperazine rings is 1. The van der Waals surface area contributed by atoms with Crippen molar-refractivity contribution >= 4 is 17.4 Å². The fraction of sp³-hybridized carbons (Fsp3) is 0.714. The third-order valence-electron chi connectivity index (χ3n) is 6.10. The molecule has 1 saturated carbocycles. The average molecular weight is 359 g/mol. The van der Waals surface area contributed by atoms with E-state index in [9.17, 15) is 4.79 Å². The van der Waals surface area contributed by atoms with Crippen molar-refractivity contribution in [2.45, 2.75) is 52.5 Å². The normalized spacial score (nSPS) is 24.7. The highest BCUT2D eigenvalue weighted by Gasteiger charge is 2.28. The SMILES string of the molecule is CC1CCCC(C(=O)N(C)c2ccnc(N3CCN(C(C)C)CC3)c2)C1. The van der Waals surface area contributed by atoms with E-state index < -0.39 is 0 Å². The van der Waals surface area contributed by atoms with E-state index in [-0.39, 0.29) is 11.8 Å². The number of carbonyl (C=O) groups excluding carboxylic acids is 1. The maximum absolute atomic E-state index is 12.9. The molecule has 2 heterocycles. The van der Waals surface area contributed by atoms with Gasteiger partial charge in [-0.3, -0.25) is 9.69 Å². The van der Waals surface area contributed by atoms with Crippen molar-refractivity contribution in [2.75, 3.05) is 43.0 Å². The van der Waals surface area contributed by atoms with Crippen LogP contribution < -0.4 is 9.80 Å². The summed E-state index contributed by atoms with van der Waals surface area (Å²) in [7, 11) is 1.91. The van der Waals surface area contributed by atoms with Gasteiger partial charge in [0.25, 0.3) is 0 Å². The Morgan fingerprint density at radius 3 is 2.62 bits per heavy atom. The van der Waals surface area contributed by atoms with E-state index in [0.29, 0.717) is 12.0 Å². The first-order valence-electron chi connectivity index (χ1n) is 10.2. The van der Waals surface area contributed by atoms with Crippen molar-refractivity contribution in [3.63, 3.8) is 0 Å². The number of hydrogen-bond acceptors (Lipinski definition) is 4. The fourth-order valence-corrected chi connectivity index (χ4v) is 4.32. The molecule has 1 saturated heterocycles. The smallest absolute Gasteiger partial charge is 0.229 e. The van der Waals surface area contributed by atoms with E-state index in [2.05, 4.69) is 41.6 Å². The van der Waals surface area contributed by atoms with Gasteiger partial charge in [0.2, 0.25) is 5.91 Å². The maximum Gasteiger partial charge on any atom is 0.229 e. The summed E-state index contributed by atoms with van der Waals surface area (Å²) in [6, 6.07) is 4.63. The van der Waals surface area contributed by atoms with Crippen LogP contribution in [0.5, 0.6) is 0 Å². The highest BCUT2D eigenvalue weighted by Crippen LogP contribution is 2.31. The van der Waals surface area contributed by atoms with Crippen LogP contribution in [0.15, 0.2) is 18.3 Å². The van der Waals surface area contributed by atoms with E-state index in [1.54, 1.807) is 0 Å². The summed E-state index contributed by atoms with van der Waals surface area (Å²) in [5, 5.41) is 0. The molecule has 1 aromatic heterocycles. The molecule has 3 rings (SSSR count). The molecular weight excluding hydrogens is 324 g/mol. The molecule has 1 amide bonds. The molecule has 5 nitrogen and oxygen atoms in total. The number of amides is 1.